The van der Waals surface area contributed by atoms with Gasteiger partial charge in [-0.2, -0.15) is 0 Å². The zero-order chi connectivity index (χ0) is 11.9. The lowest BCUT2D eigenvalue weighted by molar-refractivity contribution is 0.0694. The molecule has 0 bridgehead atoms. The van der Waals surface area contributed by atoms with E-state index in [4.69, 9.17) is 5.11 Å². The number of aromatic carboxylic acids is 1. The van der Waals surface area contributed by atoms with Gasteiger partial charge in [0.1, 0.15) is 11.1 Å². The van der Waals surface area contributed by atoms with Crippen molar-refractivity contribution < 1.29 is 15.0 Å². The van der Waals surface area contributed by atoms with Crippen LogP contribution in [0.25, 0.3) is 10.9 Å². The number of hydrogen-bond acceptors (Lipinski definition) is 3. The first-order chi connectivity index (χ1) is 7.50. The maximum atomic E-state index is 10.9. The summed E-state index contributed by atoms with van der Waals surface area (Å²) in [4.78, 5) is 15.1. The van der Waals surface area contributed by atoms with E-state index >= 15 is 0 Å². The van der Waals surface area contributed by atoms with E-state index in [1.54, 1.807) is 13.8 Å². The SMILES string of the molecule is Cc1ccc2c(C)cc(C(=O)O)c(O)c2n1. The minimum Gasteiger partial charge on any atom is -0.505 e. The topological polar surface area (TPSA) is 70.4 Å². The Hall–Kier alpha value is -2.10. The molecule has 0 aliphatic heterocycles. The molecule has 0 amide bonds. The van der Waals surface area contributed by atoms with Gasteiger partial charge in [0.25, 0.3) is 0 Å². The third-order valence-electron chi connectivity index (χ3n) is 2.53. The van der Waals surface area contributed by atoms with Crippen LogP contribution < -0.4 is 0 Å². The average molecular weight is 217 g/mol. The van der Waals surface area contributed by atoms with Crippen LogP contribution in [0.5, 0.6) is 5.75 Å². The number of hydrogen-bond donors (Lipinski definition) is 2. The molecule has 2 aromatic rings. The van der Waals surface area contributed by atoms with Crippen LogP contribution in [0.3, 0.4) is 0 Å². The Morgan fingerprint density at radius 2 is 2.00 bits per heavy atom. The fourth-order valence-electron chi connectivity index (χ4n) is 1.71. The molecule has 1 heterocycles. The van der Waals surface area contributed by atoms with Gasteiger partial charge in [0, 0.05) is 11.1 Å². The number of rotatable bonds is 1. The molecule has 4 heteroatoms. The van der Waals surface area contributed by atoms with E-state index in [0.29, 0.717) is 5.52 Å². The Morgan fingerprint density at radius 3 is 2.62 bits per heavy atom. The number of nitrogens with zero attached hydrogens (tertiary/aromatic N) is 1. The minimum atomic E-state index is -1.15. The highest BCUT2D eigenvalue weighted by Crippen LogP contribution is 2.30. The Morgan fingerprint density at radius 1 is 1.31 bits per heavy atom. The predicted octanol–water partition coefficient (Wildman–Crippen LogP) is 2.26. The summed E-state index contributed by atoms with van der Waals surface area (Å²) in [5, 5.41) is 19.5. The quantitative estimate of drug-likeness (QED) is 0.768. The smallest absolute Gasteiger partial charge is 0.339 e. The molecule has 16 heavy (non-hydrogen) atoms. The van der Waals surface area contributed by atoms with Crippen LogP contribution in [0.2, 0.25) is 0 Å². The lowest BCUT2D eigenvalue weighted by Crippen LogP contribution is -1.99. The van der Waals surface area contributed by atoms with Crippen LogP contribution in [0.15, 0.2) is 18.2 Å². The third kappa shape index (κ3) is 1.48. The molecule has 0 aliphatic rings. The highest BCUT2D eigenvalue weighted by atomic mass is 16.4. The van der Waals surface area contributed by atoms with Crippen LogP contribution in [0, 0.1) is 13.8 Å². The fraction of sp³-hybridized carbons (Fsp3) is 0.167. The second-order valence-corrected chi connectivity index (χ2v) is 3.74. The van der Waals surface area contributed by atoms with E-state index in [0.717, 1.165) is 16.6 Å². The number of carboxylic acids is 1. The zero-order valence-corrected chi connectivity index (χ0v) is 8.98. The number of phenols is 1. The highest BCUT2D eigenvalue weighted by Gasteiger charge is 2.15. The predicted molar refractivity (Wildman–Crippen MR) is 59.8 cm³/mol. The second-order valence-electron chi connectivity index (χ2n) is 3.74. The van der Waals surface area contributed by atoms with Crippen LogP contribution in [-0.4, -0.2) is 21.2 Å². The molecule has 1 aromatic heterocycles. The maximum absolute atomic E-state index is 10.9. The molecule has 0 saturated heterocycles. The van der Waals surface area contributed by atoms with Crippen molar-refractivity contribution in [1.82, 2.24) is 4.98 Å². The van der Waals surface area contributed by atoms with E-state index in [-0.39, 0.29) is 11.3 Å². The van der Waals surface area contributed by atoms with Crippen molar-refractivity contribution in [2.24, 2.45) is 0 Å². The van der Waals surface area contributed by atoms with Gasteiger partial charge >= 0.3 is 5.97 Å². The number of aryl methyl sites for hydroxylation is 2. The lowest BCUT2D eigenvalue weighted by atomic mass is 10.0. The molecule has 0 atom stereocenters. The van der Waals surface area contributed by atoms with Gasteiger partial charge < -0.3 is 10.2 Å². The van der Waals surface area contributed by atoms with Crippen molar-refractivity contribution in [1.29, 1.82) is 0 Å². The van der Waals surface area contributed by atoms with Gasteiger partial charge in [0.05, 0.1) is 0 Å². The zero-order valence-electron chi connectivity index (χ0n) is 8.98. The standard InChI is InChI=1S/C12H11NO3/c1-6-5-9(12(15)16)11(14)10-8(6)4-3-7(2)13-10/h3-5,14H,1-2H3,(H,15,16). The molecule has 0 saturated carbocycles. The second kappa shape index (κ2) is 3.48. The summed E-state index contributed by atoms with van der Waals surface area (Å²) >= 11 is 0. The molecular formula is C12H11NO3. The molecule has 0 fully saturated rings. The summed E-state index contributed by atoms with van der Waals surface area (Å²) in [6, 6.07) is 5.12. The molecule has 82 valence electrons. The van der Waals surface area contributed by atoms with Crippen molar-refractivity contribution >= 4 is 16.9 Å². The van der Waals surface area contributed by atoms with Gasteiger partial charge in [-0.1, -0.05) is 6.07 Å². The van der Waals surface area contributed by atoms with Crippen LogP contribution in [0.4, 0.5) is 0 Å². The number of pyridine rings is 1. The largest absolute Gasteiger partial charge is 0.505 e. The number of aromatic nitrogens is 1. The van der Waals surface area contributed by atoms with E-state index in [1.807, 2.05) is 12.1 Å². The molecule has 2 rings (SSSR count). The molecule has 1 aromatic carbocycles. The molecule has 2 N–H and O–H groups in total. The van der Waals surface area contributed by atoms with E-state index in [9.17, 15) is 9.90 Å². The summed E-state index contributed by atoms with van der Waals surface area (Å²) in [7, 11) is 0. The Kier molecular flexibility index (Phi) is 2.27. The first-order valence-electron chi connectivity index (χ1n) is 4.84. The van der Waals surface area contributed by atoms with Gasteiger partial charge in [0.2, 0.25) is 0 Å². The lowest BCUT2D eigenvalue weighted by Gasteiger charge is -2.07. The van der Waals surface area contributed by atoms with Crippen LogP contribution in [-0.2, 0) is 0 Å². The highest BCUT2D eigenvalue weighted by molar-refractivity contribution is 6.00. The number of fused-ring (bicyclic) bond motifs is 1. The number of benzene rings is 1. The van der Waals surface area contributed by atoms with Gasteiger partial charge in [0.15, 0.2) is 5.75 Å². The molecule has 0 spiro atoms. The molecule has 0 radical (unpaired) electrons. The van der Waals surface area contributed by atoms with Gasteiger partial charge in [-0.3, -0.25) is 0 Å². The molecule has 0 unspecified atom stereocenters. The number of carbonyl (C=O) groups is 1. The summed E-state index contributed by atoms with van der Waals surface area (Å²) in [6.45, 7) is 3.59. The van der Waals surface area contributed by atoms with Crippen molar-refractivity contribution in [2.75, 3.05) is 0 Å². The van der Waals surface area contributed by atoms with E-state index in [1.165, 1.54) is 6.07 Å². The maximum Gasteiger partial charge on any atom is 0.339 e. The van der Waals surface area contributed by atoms with Crippen LogP contribution in [0.1, 0.15) is 21.6 Å². The summed E-state index contributed by atoms with van der Waals surface area (Å²) in [5.41, 5.74) is 1.77. The summed E-state index contributed by atoms with van der Waals surface area (Å²) in [6.07, 6.45) is 0. The summed E-state index contributed by atoms with van der Waals surface area (Å²) < 4.78 is 0. The van der Waals surface area contributed by atoms with E-state index in [2.05, 4.69) is 4.98 Å². The molecular weight excluding hydrogens is 206 g/mol. The normalized spacial score (nSPS) is 10.6. The number of carboxylic acid groups (broad SMARTS) is 1. The van der Waals surface area contributed by atoms with Crippen molar-refractivity contribution in [2.45, 2.75) is 13.8 Å². The molecule has 0 aliphatic carbocycles. The monoisotopic (exact) mass is 217 g/mol. The minimum absolute atomic E-state index is 0.108. The fourth-order valence-corrected chi connectivity index (χ4v) is 1.71. The Labute approximate surface area is 92.2 Å². The number of aromatic hydroxyl groups is 1. The van der Waals surface area contributed by atoms with Gasteiger partial charge in [-0.05, 0) is 31.5 Å². The molecule has 4 nitrogen and oxygen atoms in total. The van der Waals surface area contributed by atoms with Crippen LogP contribution >= 0.6 is 0 Å². The Balaban J connectivity index is 2.91. The first-order valence-corrected chi connectivity index (χ1v) is 4.84. The van der Waals surface area contributed by atoms with Gasteiger partial charge in [-0.25, -0.2) is 9.78 Å². The van der Waals surface area contributed by atoms with Crippen molar-refractivity contribution in [3.63, 3.8) is 0 Å². The van der Waals surface area contributed by atoms with Crippen molar-refractivity contribution in [3.05, 3.63) is 35.0 Å². The van der Waals surface area contributed by atoms with E-state index < -0.39 is 5.97 Å². The van der Waals surface area contributed by atoms with Gasteiger partial charge in [-0.15, -0.1) is 0 Å². The Bertz CT molecular complexity index is 590. The third-order valence-corrected chi connectivity index (χ3v) is 2.53. The first kappa shape index (κ1) is 10.4. The van der Waals surface area contributed by atoms with Crippen molar-refractivity contribution in [3.8, 4) is 5.75 Å². The summed E-state index contributed by atoms with van der Waals surface area (Å²) in [5.74, 6) is -1.41. The average Bonchev–Trinajstić information content (AvgIpc) is 2.22.